The molecular formula is C10H11NO4. The summed E-state index contributed by atoms with van der Waals surface area (Å²) in [4.78, 5) is 10.1. The molecule has 1 aromatic rings. The van der Waals surface area contributed by atoms with E-state index in [9.17, 15) is 15.2 Å². The van der Waals surface area contributed by atoms with Crippen LogP contribution in [0, 0.1) is 10.1 Å². The van der Waals surface area contributed by atoms with Crippen LogP contribution in [0.25, 0.3) is 0 Å². The molecule has 0 aliphatic carbocycles. The van der Waals surface area contributed by atoms with Crippen molar-refractivity contribution in [3.63, 3.8) is 0 Å². The summed E-state index contributed by atoms with van der Waals surface area (Å²) in [5.74, 6) is 0.0734. The van der Waals surface area contributed by atoms with E-state index in [1.165, 1.54) is 25.3 Å². The van der Waals surface area contributed by atoms with Crippen molar-refractivity contribution in [1.82, 2.24) is 0 Å². The highest BCUT2D eigenvalue weighted by molar-refractivity contribution is 5.43. The molecule has 1 aromatic carbocycles. The van der Waals surface area contributed by atoms with Crippen molar-refractivity contribution in [3.05, 3.63) is 52.3 Å². The lowest BCUT2D eigenvalue weighted by Crippen LogP contribution is -2.05. The first kappa shape index (κ1) is 11.2. The van der Waals surface area contributed by atoms with Gasteiger partial charge in [0.05, 0.1) is 17.6 Å². The summed E-state index contributed by atoms with van der Waals surface area (Å²) in [5.41, 5.74) is 0.0255. The fourth-order valence-electron chi connectivity index (χ4n) is 1.17. The fourth-order valence-corrected chi connectivity index (χ4v) is 1.17. The second kappa shape index (κ2) is 4.56. The number of nitro benzene ring substituents is 1. The summed E-state index contributed by atoms with van der Waals surface area (Å²) in [5, 5.41) is 20.4. The minimum Gasteiger partial charge on any atom is -0.499 e. The van der Waals surface area contributed by atoms with Crippen molar-refractivity contribution in [2.75, 3.05) is 7.11 Å². The number of nitro groups is 1. The van der Waals surface area contributed by atoms with Crippen LogP contribution in [0.15, 0.2) is 36.6 Å². The van der Waals surface area contributed by atoms with Crippen molar-refractivity contribution in [2.45, 2.75) is 6.10 Å². The molecular weight excluding hydrogens is 198 g/mol. The number of hydrogen-bond acceptors (Lipinski definition) is 4. The van der Waals surface area contributed by atoms with Crippen LogP contribution >= 0.6 is 0 Å². The monoisotopic (exact) mass is 209 g/mol. The number of benzene rings is 1. The summed E-state index contributed by atoms with van der Waals surface area (Å²) in [7, 11) is 1.35. The largest absolute Gasteiger partial charge is 0.499 e. The average molecular weight is 209 g/mol. The van der Waals surface area contributed by atoms with Gasteiger partial charge in [-0.1, -0.05) is 18.7 Å². The number of ether oxygens (including phenoxy) is 1. The van der Waals surface area contributed by atoms with Crippen LogP contribution in [0.5, 0.6) is 0 Å². The molecule has 80 valence electrons. The van der Waals surface area contributed by atoms with E-state index < -0.39 is 11.0 Å². The van der Waals surface area contributed by atoms with Gasteiger partial charge in [-0.15, -0.1) is 0 Å². The van der Waals surface area contributed by atoms with Crippen molar-refractivity contribution in [2.24, 2.45) is 0 Å². The van der Waals surface area contributed by atoms with E-state index in [1.807, 2.05) is 0 Å². The highest BCUT2D eigenvalue weighted by Gasteiger charge is 2.22. The number of hydrogen-bond donors (Lipinski definition) is 1. The van der Waals surface area contributed by atoms with Gasteiger partial charge in [0, 0.05) is 6.07 Å². The van der Waals surface area contributed by atoms with Crippen LogP contribution in [0.4, 0.5) is 5.69 Å². The molecule has 1 atom stereocenters. The third-order valence-corrected chi connectivity index (χ3v) is 2.00. The Morgan fingerprint density at radius 1 is 1.60 bits per heavy atom. The third kappa shape index (κ3) is 2.32. The third-order valence-electron chi connectivity index (χ3n) is 2.00. The molecule has 0 aliphatic heterocycles. The number of methoxy groups -OCH3 is 1. The molecule has 0 saturated carbocycles. The van der Waals surface area contributed by atoms with E-state index in [4.69, 9.17) is 4.74 Å². The first-order valence-electron chi connectivity index (χ1n) is 4.22. The van der Waals surface area contributed by atoms with Crippen molar-refractivity contribution < 1.29 is 14.8 Å². The Morgan fingerprint density at radius 2 is 2.20 bits per heavy atom. The van der Waals surface area contributed by atoms with Gasteiger partial charge in [0.15, 0.2) is 0 Å². The topological polar surface area (TPSA) is 72.6 Å². The molecule has 5 heteroatoms. The molecule has 0 spiro atoms. The first-order chi connectivity index (χ1) is 7.07. The maximum atomic E-state index is 10.7. The number of nitrogens with zero attached hydrogens (tertiary/aromatic N) is 1. The standard InChI is InChI=1S/C10H11NO4/c1-7(15-2)10(12)8-5-3-4-6-9(8)11(13)14/h3-6,10,12H,1H2,2H3. The summed E-state index contributed by atoms with van der Waals surface area (Å²) in [6, 6.07) is 5.92. The Balaban J connectivity index is 3.13. The molecule has 0 aliphatic rings. The number of aliphatic hydroxyl groups is 1. The van der Waals surface area contributed by atoms with E-state index >= 15 is 0 Å². The lowest BCUT2D eigenvalue weighted by atomic mass is 10.1. The molecule has 15 heavy (non-hydrogen) atoms. The zero-order valence-corrected chi connectivity index (χ0v) is 8.21. The molecule has 0 bridgehead atoms. The number of para-hydroxylation sites is 1. The molecule has 0 heterocycles. The zero-order chi connectivity index (χ0) is 11.4. The second-order valence-electron chi connectivity index (χ2n) is 2.89. The smallest absolute Gasteiger partial charge is 0.275 e. The van der Waals surface area contributed by atoms with Gasteiger partial charge in [-0.05, 0) is 6.07 Å². The SMILES string of the molecule is C=C(OC)C(O)c1ccccc1[N+](=O)[O-]. The number of aliphatic hydroxyl groups excluding tert-OH is 1. The molecule has 1 N–H and O–H groups in total. The highest BCUT2D eigenvalue weighted by atomic mass is 16.6. The van der Waals surface area contributed by atoms with Crippen LogP contribution in [0.3, 0.4) is 0 Å². The van der Waals surface area contributed by atoms with Crippen LogP contribution in [0.1, 0.15) is 11.7 Å². The summed E-state index contributed by atoms with van der Waals surface area (Å²) in [6.07, 6.45) is -1.18. The summed E-state index contributed by atoms with van der Waals surface area (Å²) >= 11 is 0. The van der Waals surface area contributed by atoms with Crippen LogP contribution in [-0.4, -0.2) is 17.1 Å². The zero-order valence-electron chi connectivity index (χ0n) is 8.21. The molecule has 0 radical (unpaired) electrons. The first-order valence-corrected chi connectivity index (χ1v) is 4.22. The Hall–Kier alpha value is -1.88. The van der Waals surface area contributed by atoms with Crippen LogP contribution in [-0.2, 0) is 4.74 Å². The van der Waals surface area contributed by atoms with Crippen molar-refractivity contribution >= 4 is 5.69 Å². The van der Waals surface area contributed by atoms with E-state index in [-0.39, 0.29) is 17.0 Å². The summed E-state index contributed by atoms with van der Waals surface area (Å²) < 4.78 is 4.73. The molecule has 0 saturated heterocycles. The van der Waals surface area contributed by atoms with Gasteiger partial charge in [0.25, 0.3) is 5.69 Å². The number of rotatable bonds is 4. The predicted octanol–water partition coefficient (Wildman–Crippen LogP) is 1.79. The van der Waals surface area contributed by atoms with Gasteiger partial charge in [-0.3, -0.25) is 10.1 Å². The van der Waals surface area contributed by atoms with Gasteiger partial charge in [-0.25, -0.2) is 0 Å². The molecule has 0 fully saturated rings. The Kier molecular flexibility index (Phi) is 3.41. The maximum absolute atomic E-state index is 10.7. The highest BCUT2D eigenvalue weighted by Crippen LogP contribution is 2.28. The van der Waals surface area contributed by atoms with Crippen molar-refractivity contribution in [3.8, 4) is 0 Å². The van der Waals surface area contributed by atoms with E-state index in [2.05, 4.69) is 6.58 Å². The molecule has 1 unspecified atom stereocenters. The van der Waals surface area contributed by atoms with Gasteiger partial charge in [0.2, 0.25) is 0 Å². The van der Waals surface area contributed by atoms with Crippen LogP contribution in [0.2, 0.25) is 0 Å². The van der Waals surface area contributed by atoms with Gasteiger partial charge in [0.1, 0.15) is 11.9 Å². The fraction of sp³-hybridized carbons (Fsp3) is 0.200. The average Bonchev–Trinajstić information content (AvgIpc) is 2.27. The van der Waals surface area contributed by atoms with Gasteiger partial charge in [-0.2, -0.15) is 0 Å². The summed E-state index contributed by atoms with van der Waals surface area (Å²) in [6.45, 7) is 3.46. The Bertz CT molecular complexity index is 389. The lowest BCUT2D eigenvalue weighted by Gasteiger charge is -2.12. The normalized spacial score (nSPS) is 11.9. The maximum Gasteiger partial charge on any atom is 0.275 e. The van der Waals surface area contributed by atoms with Gasteiger partial charge < -0.3 is 9.84 Å². The second-order valence-corrected chi connectivity index (χ2v) is 2.89. The minimum atomic E-state index is -1.18. The minimum absolute atomic E-state index is 0.0734. The molecule has 0 amide bonds. The molecule has 0 aromatic heterocycles. The molecule has 1 rings (SSSR count). The van der Waals surface area contributed by atoms with E-state index in [1.54, 1.807) is 6.07 Å². The van der Waals surface area contributed by atoms with Gasteiger partial charge >= 0.3 is 0 Å². The molecule has 5 nitrogen and oxygen atoms in total. The Morgan fingerprint density at radius 3 is 2.73 bits per heavy atom. The lowest BCUT2D eigenvalue weighted by molar-refractivity contribution is -0.386. The van der Waals surface area contributed by atoms with Crippen LogP contribution < -0.4 is 0 Å². The quantitative estimate of drug-likeness (QED) is 0.466. The van der Waals surface area contributed by atoms with E-state index in [0.29, 0.717) is 0 Å². The Labute approximate surface area is 86.8 Å². The predicted molar refractivity (Wildman–Crippen MR) is 54.2 cm³/mol. The van der Waals surface area contributed by atoms with E-state index in [0.717, 1.165) is 0 Å². The van der Waals surface area contributed by atoms with Crippen molar-refractivity contribution in [1.29, 1.82) is 0 Å².